The molecule has 1 aliphatic heterocycles. The van der Waals surface area contributed by atoms with Gasteiger partial charge in [-0.3, -0.25) is 9.59 Å². The summed E-state index contributed by atoms with van der Waals surface area (Å²) in [7, 11) is 1.54. The summed E-state index contributed by atoms with van der Waals surface area (Å²) >= 11 is 0. The van der Waals surface area contributed by atoms with Crippen LogP contribution in [-0.4, -0.2) is 56.0 Å². The van der Waals surface area contributed by atoms with Crippen LogP contribution < -0.4 is 14.8 Å². The highest BCUT2D eigenvalue weighted by atomic mass is 16.5. The van der Waals surface area contributed by atoms with E-state index in [-0.39, 0.29) is 17.7 Å². The average molecular weight is 334 g/mol. The lowest BCUT2D eigenvalue weighted by molar-refractivity contribution is -0.134. The van der Waals surface area contributed by atoms with E-state index < -0.39 is 0 Å². The number of carbonyl (C=O) groups excluding carboxylic acids is 2. The molecule has 6 heteroatoms. The second-order valence-corrected chi connectivity index (χ2v) is 6.01. The Balaban J connectivity index is 1.81. The van der Waals surface area contributed by atoms with Crippen molar-refractivity contribution in [3.63, 3.8) is 0 Å². The first-order chi connectivity index (χ1) is 11.5. The van der Waals surface area contributed by atoms with Crippen LogP contribution in [0.3, 0.4) is 0 Å². The second-order valence-electron chi connectivity index (χ2n) is 6.01. The van der Waals surface area contributed by atoms with Crippen LogP contribution in [0.25, 0.3) is 0 Å². The van der Waals surface area contributed by atoms with Crippen LogP contribution in [0.4, 0.5) is 0 Å². The van der Waals surface area contributed by atoms with Gasteiger partial charge in [0.2, 0.25) is 5.91 Å². The molecule has 1 atom stereocenters. The minimum absolute atomic E-state index is 0.0180. The Hall–Kier alpha value is -2.08. The molecule has 2 rings (SSSR count). The molecule has 0 radical (unpaired) electrons. The van der Waals surface area contributed by atoms with Gasteiger partial charge < -0.3 is 19.7 Å². The molecule has 1 aromatic rings. The van der Waals surface area contributed by atoms with Crippen molar-refractivity contribution >= 4 is 11.7 Å². The lowest BCUT2D eigenvalue weighted by atomic mass is 10.1. The quantitative estimate of drug-likeness (QED) is 0.609. The van der Waals surface area contributed by atoms with E-state index in [0.717, 1.165) is 19.6 Å². The molecule has 1 unspecified atom stereocenters. The van der Waals surface area contributed by atoms with Crippen molar-refractivity contribution < 1.29 is 19.1 Å². The highest BCUT2D eigenvalue weighted by Crippen LogP contribution is 2.28. The van der Waals surface area contributed by atoms with Crippen molar-refractivity contribution in [2.75, 3.05) is 33.4 Å². The third kappa shape index (κ3) is 4.71. The lowest BCUT2D eigenvalue weighted by Crippen LogP contribution is -2.52. The third-order valence-electron chi connectivity index (χ3n) is 4.18. The number of hydrogen-bond donors (Lipinski definition) is 1. The van der Waals surface area contributed by atoms with Crippen molar-refractivity contribution in [3.8, 4) is 11.5 Å². The summed E-state index contributed by atoms with van der Waals surface area (Å²) in [4.78, 5) is 25.6. The Bertz CT molecular complexity index is 588. The first kappa shape index (κ1) is 18.3. The van der Waals surface area contributed by atoms with E-state index in [2.05, 4.69) is 12.2 Å². The summed E-state index contributed by atoms with van der Waals surface area (Å²) in [5.41, 5.74) is 0.585. The molecular formula is C18H26N2O4. The normalized spacial score (nSPS) is 17.5. The maximum absolute atomic E-state index is 12.2. The fraction of sp³-hybridized carbons (Fsp3) is 0.556. The molecule has 0 aliphatic carbocycles. The number of nitrogens with one attached hydrogen (secondary N) is 1. The Morgan fingerprint density at radius 3 is 2.79 bits per heavy atom. The van der Waals surface area contributed by atoms with Crippen LogP contribution in [-0.2, 0) is 4.79 Å². The van der Waals surface area contributed by atoms with E-state index >= 15 is 0 Å². The first-order valence-corrected chi connectivity index (χ1v) is 8.35. The second kappa shape index (κ2) is 8.68. The van der Waals surface area contributed by atoms with Crippen LogP contribution in [0.15, 0.2) is 18.2 Å². The zero-order chi connectivity index (χ0) is 17.5. The van der Waals surface area contributed by atoms with Gasteiger partial charge in [-0.1, -0.05) is 0 Å². The number of piperazine rings is 1. The zero-order valence-electron chi connectivity index (χ0n) is 14.6. The largest absolute Gasteiger partial charge is 0.493 e. The number of amides is 1. The predicted octanol–water partition coefficient (Wildman–Crippen LogP) is 1.88. The van der Waals surface area contributed by atoms with Gasteiger partial charge in [-0.2, -0.15) is 0 Å². The zero-order valence-corrected chi connectivity index (χ0v) is 14.6. The summed E-state index contributed by atoms with van der Waals surface area (Å²) in [6.45, 7) is 6.47. The number of Topliss-reactive ketones (excluding diaryl/α,β-unsaturated/α-hetero) is 1. The Morgan fingerprint density at radius 1 is 1.33 bits per heavy atom. The van der Waals surface area contributed by atoms with E-state index in [1.54, 1.807) is 25.3 Å². The summed E-state index contributed by atoms with van der Waals surface area (Å²) in [5, 5.41) is 3.28. The maximum Gasteiger partial charge on any atom is 0.223 e. The van der Waals surface area contributed by atoms with Gasteiger partial charge in [-0.25, -0.2) is 0 Å². The number of ketones is 1. The molecule has 0 bridgehead atoms. The Kier molecular flexibility index (Phi) is 6.61. The highest BCUT2D eigenvalue weighted by molar-refractivity contribution is 5.94. The molecule has 0 saturated carbocycles. The number of nitrogens with zero attached hydrogens (tertiary/aromatic N) is 1. The van der Waals surface area contributed by atoms with E-state index in [0.29, 0.717) is 36.5 Å². The fourth-order valence-electron chi connectivity index (χ4n) is 2.77. The van der Waals surface area contributed by atoms with Gasteiger partial charge in [0.15, 0.2) is 17.3 Å². The molecule has 1 N–H and O–H groups in total. The molecule has 1 aromatic carbocycles. The SMILES string of the molecule is COc1cc(C(C)=O)ccc1OCCCC(=O)N1CCNCC1C. The highest BCUT2D eigenvalue weighted by Gasteiger charge is 2.22. The fourth-order valence-corrected chi connectivity index (χ4v) is 2.77. The maximum atomic E-state index is 12.2. The number of benzene rings is 1. The van der Waals surface area contributed by atoms with Crippen LogP contribution >= 0.6 is 0 Å². The number of ether oxygens (including phenoxy) is 2. The molecule has 1 heterocycles. The number of hydrogen-bond acceptors (Lipinski definition) is 5. The molecular weight excluding hydrogens is 308 g/mol. The lowest BCUT2D eigenvalue weighted by Gasteiger charge is -2.34. The van der Waals surface area contributed by atoms with E-state index in [4.69, 9.17) is 9.47 Å². The molecule has 0 aromatic heterocycles. The minimum Gasteiger partial charge on any atom is -0.493 e. The molecule has 1 fully saturated rings. The van der Waals surface area contributed by atoms with Crippen molar-refractivity contribution in [3.05, 3.63) is 23.8 Å². The van der Waals surface area contributed by atoms with E-state index in [1.165, 1.54) is 6.92 Å². The van der Waals surface area contributed by atoms with Gasteiger partial charge in [0.05, 0.1) is 13.7 Å². The van der Waals surface area contributed by atoms with Crippen LogP contribution in [0.1, 0.15) is 37.0 Å². The summed E-state index contributed by atoms with van der Waals surface area (Å²) in [6, 6.07) is 5.36. The number of rotatable bonds is 7. The average Bonchev–Trinajstić information content (AvgIpc) is 2.58. The van der Waals surface area contributed by atoms with Gasteiger partial charge in [0.25, 0.3) is 0 Å². The minimum atomic E-state index is -0.0180. The topological polar surface area (TPSA) is 67.9 Å². The smallest absolute Gasteiger partial charge is 0.223 e. The van der Waals surface area contributed by atoms with Crippen LogP contribution in [0.2, 0.25) is 0 Å². The van der Waals surface area contributed by atoms with Gasteiger partial charge >= 0.3 is 0 Å². The number of carbonyl (C=O) groups is 2. The van der Waals surface area contributed by atoms with Gasteiger partial charge in [-0.15, -0.1) is 0 Å². The molecule has 1 amide bonds. The summed E-state index contributed by atoms with van der Waals surface area (Å²) < 4.78 is 11.0. The number of methoxy groups -OCH3 is 1. The van der Waals surface area contributed by atoms with Crippen LogP contribution in [0, 0.1) is 0 Å². The van der Waals surface area contributed by atoms with E-state index in [9.17, 15) is 9.59 Å². The van der Waals surface area contributed by atoms with E-state index in [1.807, 2.05) is 4.90 Å². The molecule has 1 aliphatic rings. The predicted molar refractivity (Wildman–Crippen MR) is 91.8 cm³/mol. The Labute approximate surface area is 143 Å². The van der Waals surface area contributed by atoms with Crippen molar-refractivity contribution in [2.24, 2.45) is 0 Å². The first-order valence-electron chi connectivity index (χ1n) is 8.35. The van der Waals surface area contributed by atoms with Gasteiger partial charge in [0.1, 0.15) is 0 Å². The summed E-state index contributed by atoms with van der Waals surface area (Å²) in [6.07, 6.45) is 1.12. The molecule has 0 spiro atoms. The molecule has 1 saturated heterocycles. The summed E-state index contributed by atoms with van der Waals surface area (Å²) in [5.74, 6) is 1.28. The van der Waals surface area contributed by atoms with Crippen molar-refractivity contribution in [1.82, 2.24) is 10.2 Å². The van der Waals surface area contributed by atoms with Crippen molar-refractivity contribution in [2.45, 2.75) is 32.7 Å². The monoisotopic (exact) mass is 334 g/mol. The molecule has 132 valence electrons. The molecule has 6 nitrogen and oxygen atoms in total. The third-order valence-corrected chi connectivity index (χ3v) is 4.18. The standard InChI is InChI=1S/C18H26N2O4/c1-13-12-19-8-9-20(13)18(22)5-4-10-24-16-7-6-15(14(2)21)11-17(16)23-3/h6-7,11,13,19H,4-5,8-10,12H2,1-3H3. The Morgan fingerprint density at radius 2 is 2.12 bits per heavy atom. The van der Waals surface area contributed by atoms with Gasteiger partial charge in [0, 0.05) is 37.7 Å². The van der Waals surface area contributed by atoms with Crippen LogP contribution in [0.5, 0.6) is 11.5 Å². The van der Waals surface area contributed by atoms with Gasteiger partial charge in [-0.05, 0) is 38.5 Å². The van der Waals surface area contributed by atoms with Crippen molar-refractivity contribution in [1.29, 1.82) is 0 Å². The molecule has 24 heavy (non-hydrogen) atoms.